The monoisotopic (exact) mass is 274 g/mol. The number of rotatable bonds is 6. The molecule has 7 heteroatoms. The first-order chi connectivity index (χ1) is 8.46. The van der Waals surface area contributed by atoms with E-state index in [0.29, 0.717) is 17.2 Å². The number of nitrogens with zero attached hydrogens (tertiary/aromatic N) is 1. The van der Waals surface area contributed by atoms with Gasteiger partial charge in [-0.1, -0.05) is 0 Å². The van der Waals surface area contributed by atoms with Gasteiger partial charge in [-0.2, -0.15) is 0 Å². The third-order valence-corrected chi connectivity index (χ3v) is 4.74. The second kappa shape index (κ2) is 6.01. The molecule has 1 heterocycles. The third-order valence-electron chi connectivity index (χ3n) is 2.65. The SMILES string of the molecule is COc1ccnc(CS(=O)(=O)C(C)CN)c1OC. The molecule has 102 valence electrons. The average Bonchev–Trinajstić information content (AvgIpc) is 2.36. The number of sulfone groups is 1. The quantitative estimate of drug-likeness (QED) is 0.805. The van der Waals surface area contributed by atoms with Crippen LogP contribution in [0.2, 0.25) is 0 Å². The van der Waals surface area contributed by atoms with Crippen LogP contribution in [-0.2, 0) is 15.6 Å². The number of nitrogens with two attached hydrogens (primary N) is 1. The highest BCUT2D eigenvalue weighted by atomic mass is 32.2. The first-order valence-electron chi connectivity index (χ1n) is 5.43. The van der Waals surface area contributed by atoms with E-state index in [9.17, 15) is 8.42 Å². The van der Waals surface area contributed by atoms with E-state index in [2.05, 4.69) is 4.98 Å². The number of methoxy groups -OCH3 is 2. The predicted octanol–water partition coefficient (Wildman–Crippen LogP) is 0.361. The predicted molar refractivity (Wildman–Crippen MR) is 68.5 cm³/mol. The molecular formula is C11H18N2O4S. The first-order valence-corrected chi connectivity index (χ1v) is 7.15. The van der Waals surface area contributed by atoms with Crippen molar-refractivity contribution < 1.29 is 17.9 Å². The van der Waals surface area contributed by atoms with E-state index in [4.69, 9.17) is 15.2 Å². The second-order valence-corrected chi connectivity index (χ2v) is 6.27. The highest BCUT2D eigenvalue weighted by Crippen LogP contribution is 2.30. The van der Waals surface area contributed by atoms with E-state index in [1.807, 2.05) is 0 Å². The standard InChI is InChI=1S/C11H18N2O4S/c1-8(6-12)18(14,15)7-9-11(17-3)10(16-2)4-5-13-9/h4-5,8H,6-7,12H2,1-3H3. The van der Waals surface area contributed by atoms with Crippen LogP contribution in [0.25, 0.3) is 0 Å². The van der Waals surface area contributed by atoms with Crippen LogP contribution in [-0.4, -0.2) is 39.4 Å². The fourth-order valence-corrected chi connectivity index (χ4v) is 2.60. The van der Waals surface area contributed by atoms with Gasteiger partial charge in [0.2, 0.25) is 0 Å². The van der Waals surface area contributed by atoms with Gasteiger partial charge in [-0.05, 0) is 6.92 Å². The van der Waals surface area contributed by atoms with E-state index < -0.39 is 15.1 Å². The van der Waals surface area contributed by atoms with Crippen molar-refractivity contribution in [3.63, 3.8) is 0 Å². The summed E-state index contributed by atoms with van der Waals surface area (Å²) in [5, 5.41) is -0.616. The summed E-state index contributed by atoms with van der Waals surface area (Å²) in [4.78, 5) is 4.04. The van der Waals surface area contributed by atoms with Crippen LogP contribution in [0.3, 0.4) is 0 Å². The smallest absolute Gasteiger partial charge is 0.183 e. The van der Waals surface area contributed by atoms with E-state index in [1.165, 1.54) is 20.4 Å². The molecule has 18 heavy (non-hydrogen) atoms. The molecule has 1 unspecified atom stereocenters. The normalized spacial score (nSPS) is 13.1. The van der Waals surface area contributed by atoms with Gasteiger partial charge in [0.15, 0.2) is 21.3 Å². The maximum absolute atomic E-state index is 12.0. The van der Waals surface area contributed by atoms with Gasteiger partial charge in [-0.3, -0.25) is 4.98 Å². The molecule has 1 atom stereocenters. The lowest BCUT2D eigenvalue weighted by Crippen LogP contribution is -2.28. The van der Waals surface area contributed by atoms with Crippen molar-refractivity contribution >= 4 is 9.84 Å². The van der Waals surface area contributed by atoms with E-state index in [-0.39, 0.29) is 12.3 Å². The molecule has 2 N–H and O–H groups in total. The van der Waals surface area contributed by atoms with E-state index in [0.717, 1.165) is 0 Å². The van der Waals surface area contributed by atoms with Gasteiger partial charge in [0, 0.05) is 18.8 Å². The summed E-state index contributed by atoms with van der Waals surface area (Å²) >= 11 is 0. The molecule has 1 aromatic heterocycles. The fourth-order valence-electron chi connectivity index (χ4n) is 1.43. The van der Waals surface area contributed by atoms with Gasteiger partial charge in [-0.25, -0.2) is 8.42 Å². The summed E-state index contributed by atoms with van der Waals surface area (Å²) in [6.45, 7) is 1.65. The summed E-state index contributed by atoms with van der Waals surface area (Å²) < 4.78 is 34.2. The number of hydrogen-bond donors (Lipinski definition) is 1. The van der Waals surface area contributed by atoms with Gasteiger partial charge < -0.3 is 15.2 Å². The lowest BCUT2D eigenvalue weighted by Gasteiger charge is -2.14. The second-order valence-electron chi connectivity index (χ2n) is 3.85. The Labute approximate surface area is 107 Å². The zero-order valence-electron chi connectivity index (χ0n) is 10.7. The van der Waals surface area contributed by atoms with E-state index >= 15 is 0 Å². The topological polar surface area (TPSA) is 91.5 Å². The Morgan fingerprint density at radius 2 is 2.06 bits per heavy atom. The van der Waals surface area contributed by atoms with E-state index in [1.54, 1.807) is 13.0 Å². The zero-order chi connectivity index (χ0) is 13.8. The number of pyridine rings is 1. The Bertz CT molecular complexity index is 502. The molecule has 0 bridgehead atoms. The van der Waals surface area contributed by atoms with Gasteiger partial charge in [0.25, 0.3) is 0 Å². The molecule has 0 saturated heterocycles. The zero-order valence-corrected chi connectivity index (χ0v) is 11.5. The minimum atomic E-state index is -3.34. The average molecular weight is 274 g/mol. The largest absolute Gasteiger partial charge is 0.493 e. The molecule has 0 amide bonds. The third kappa shape index (κ3) is 3.11. The fraction of sp³-hybridized carbons (Fsp3) is 0.545. The molecule has 0 aliphatic carbocycles. The Hall–Kier alpha value is -1.34. The maximum atomic E-state index is 12.0. The van der Waals surface area contributed by atoms with Gasteiger partial charge >= 0.3 is 0 Å². The summed E-state index contributed by atoms with van der Waals surface area (Å²) in [6, 6.07) is 1.61. The van der Waals surface area contributed by atoms with Crippen LogP contribution >= 0.6 is 0 Å². The van der Waals surface area contributed by atoms with Crippen LogP contribution in [0.1, 0.15) is 12.6 Å². The number of hydrogen-bond acceptors (Lipinski definition) is 6. The maximum Gasteiger partial charge on any atom is 0.183 e. The lowest BCUT2D eigenvalue weighted by molar-refractivity contribution is 0.350. The van der Waals surface area contributed by atoms with Gasteiger partial charge in [0.05, 0.1) is 25.2 Å². The van der Waals surface area contributed by atoms with Crippen molar-refractivity contribution in [2.75, 3.05) is 20.8 Å². The molecule has 6 nitrogen and oxygen atoms in total. The summed E-state index contributed by atoms with van der Waals surface area (Å²) in [5.41, 5.74) is 5.71. The molecule has 1 rings (SSSR count). The minimum absolute atomic E-state index is 0.0780. The van der Waals surface area contributed by atoms with Crippen molar-refractivity contribution in [2.24, 2.45) is 5.73 Å². The summed E-state index contributed by atoms with van der Waals surface area (Å²) in [7, 11) is -0.413. The molecule has 0 spiro atoms. The lowest BCUT2D eigenvalue weighted by atomic mass is 10.3. The van der Waals surface area contributed by atoms with Crippen molar-refractivity contribution in [3.05, 3.63) is 18.0 Å². The Kier molecular flexibility index (Phi) is 4.92. The molecule has 1 aromatic rings. The van der Waals surface area contributed by atoms with Gasteiger partial charge in [0.1, 0.15) is 5.69 Å². The van der Waals surface area contributed by atoms with Crippen molar-refractivity contribution in [3.8, 4) is 11.5 Å². The van der Waals surface area contributed by atoms with Crippen LogP contribution in [0.4, 0.5) is 0 Å². The number of aromatic nitrogens is 1. The highest BCUT2D eigenvalue weighted by molar-refractivity contribution is 7.91. The van der Waals surface area contributed by atoms with Crippen molar-refractivity contribution in [1.82, 2.24) is 4.98 Å². The number of ether oxygens (including phenoxy) is 2. The van der Waals surface area contributed by atoms with Crippen LogP contribution in [0.5, 0.6) is 11.5 Å². The Morgan fingerprint density at radius 3 is 2.56 bits per heavy atom. The summed E-state index contributed by atoms with van der Waals surface area (Å²) in [6.07, 6.45) is 1.49. The highest BCUT2D eigenvalue weighted by Gasteiger charge is 2.23. The van der Waals surface area contributed by atoms with Gasteiger partial charge in [-0.15, -0.1) is 0 Å². The minimum Gasteiger partial charge on any atom is -0.493 e. The molecule has 0 aliphatic heterocycles. The Balaban J connectivity index is 3.12. The molecule has 0 aliphatic rings. The van der Waals surface area contributed by atoms with Crippen LogP contribution in [0, 0.1) is 0 Å². The molecule has 0 saturated carbocycles. The van der Waals surface area contributed by atoms with Crippen molar-refractivity contribution in [2.45, 2.75) is 17.9 Å². The molecular weight excluding hydrogens is 256 g/mol. The van der Waals surface area contributed by atoms with Crippen LogP contribution < -0.4 is 15.2 Å². The first kappa shape index (κ1) is 14.7. The molecule has 0 radical (unpaired) electrons. The summed E-state index contributed by atoms with van der Waals surface area (Å²) in [5.74, 6) is 0.581. The Morgan fingerprint density at radius 1 is 1.39 bits per heavy atom. The molecule has 0 fully saturated rings. The van der Waals surface area contributed by atoms with Crippen molar-refractivity contribution in [1.29, 1.82) is 0 Å². The molecule has 0 aromatic carbocycles. The van der Waals surface area contributed by atoms with Crippen LogP contribution in [0.15, 0.2) is 12.3 Å².